The van der Waals surface area contributed by atoms with E-state index in [2.05, 4.69) is 22.3 Å². The summed E-state index contributed by atoms with van der Waals surface area (Å²) < 4.78 is 12.8. The number of hydrogen-bond acceptors (Lipinski definition) is 4. The Balaban J connectivity index is 1.30. The van der Waals surface area contributed by atoms with Crippen molar-refractivity contribution in [2.24, 2.45) is 0 Å². The molecular formula is C24H27N3O3. The highest BCUT2D eigenvalue weighted by Gasteiger charge is 2.19. The molecule has 1 aliphatic rings. The van der Waals surface area contributed by atoms with Crippen LogP contribution in [0.3, 0.4) is 0 Å². The molecule has 3 aromatic rings. The summed E-state index contributed by atoms with van der Waals surface area (Å²) in [6.07, 6.45) is 4.93. The first-order valence-electron chi connectivity index (χ1n) is 10.2. The summed E-state index contributed by atoms with van der Waals surface area (Å²) in [5.41, 5.74) is 4.27. The summed E-state index contributed by atoms with van der Waals surface area (Å²) in [5.74, 6) is 1.49. The summed E-state index contributed by atoms with van der Waals surface area (Å²) >= 11 is 0. The quantitative estimate of drug-likeness (QED) is 0.655. The van der Waals surface area contributed by atoms with Gasteiger partial charge in [-0.3, -0.25) is 9.69 Å². The summed E-state index contributed by atoms with van der Waals surface area (Å²) in [4.78, 5) is 14.8. The highest BCUT2D eigenvalue weighted by Crippen LogP contribution is 2.33. The number of amides is 1. The van der Waals surface area contributed by atoms with Crippen molar-refractivity contribution in [3.63, 3.8) is 0 Å². The molecule has 0 fully saturated rings. The summed E-state index contributed by atoms with van der Waals surface area (Å²) in [6.45, 7) is 3.23. The van der Waals surface area contributed by atoms with Gasteiger partial charge in [-0.15, -0.1) is 0 Å². The van der Waals surface area contributed by atoms with Crippen LogP contribution in [0.1, 0.15) is 21.5 Å². The van der Waals surface area contributed by atoms with Gasteiger partial charge >= 0.3 is 0 Å². The lowest BCUT2D eigenvalue weighted by atomic mass is 9.99. The zero-order valence-electron chi connectivity index (χ0n) is 17.4. The minimum Gasteiger partial charge on any atom is -0.493 e. The van der Waals surface area contributed by atoms with Crippen LogP contribution in [0.4, 0.5) is 0 Å². The predicted molar refractivity (Wildman–Crippen MR) is 117 cm³/mol. The minimum atomic E-state index is -0.0436. The average molecular weight is 405 g/mol. The number of carbonyl (C=O) groups excluding carboxylic acids is 1. The van der Waals surface area contributed by atoms with Crippen molar-refractivity contribution in [1.82, 2.24) is 14.8 Å². The van der Waals surface area contributed by atoms with Gasteiger partial charge in [-0.25, -0.2) is 0 Å². The fourth-order valence-corrected chi connectivity index (χ4v) is 3.85. The van der Waals surface area contributed by atoms with Gasteiger partial charge in [0.1, 0.15) is 0 Å². The molecular weight excluding hydrogens is 378 g/mol. The Morgan fingerprint density at radius 1 is 1.00 bits per heavy atom. The number of nitrogens with zero attached hydrogens (tertiary/aromatic N) is 2. The molecule has 4 rings (SSSR count). The Hall–Kier alpha value is -3.25. The molecule has 6 heteroatoms. The van der Waals surface area contributed by atoms with Crippen molar-refractivity contribution in [3.8, 4) is 17.2 Å². The maximum atomic E-state index is 12.5. The largest absolute Gasteiger partial charge is 0.493 e. The Kier molecular flexibility index (Phi) is 6.05. The van der Waals surface area contributed by atoms with E-state index in [-0.39, 0.29) is 5.91 Å². The molecule has 0 atom stereocenters. The number of nitrogens with one attached hydrogen (secondary N) is 1. The molecule has 1 amide bonds. The smallest absolute Gasteiger partial charge is 0.251 e. The van der Waals surface area contributed by atoms with E-state index in [1.807, 2.05) is 53.4 Å². The predicted octanol–water partition coefficient (Wildman–Crippen LogP) is 3.28. The lowest BCUT2D eigenvalue weighted by Crippen LogP contribution is -2.37. The molecule has 1 aromatic heterocycles. The zero-order chi connectivity index (χ0) is 20.9. The van der Waals surface area contributed by atoms with Crippen LogP contribution in [0.25, 0.3) is 5.69 Å². The van der Waals surface area contributed by atoms with Crippen LogP contribution in [0.15, 0.2) is 60.9 Å². The van der Waals surface area contributed by atoms with Gasteiger partial charge in [0, 0.05) is 49.8 Å². The van der Waals surface area contributed by atoms with Crippen molar-refractivity contribution >= 4 is 5.91 Å². The third-order valence-electron chi connectivity index (χ3n) is 5.54. The van der Waals surface area contributed by atoms with Gasteiger partial charge in [-0.1, -0.05) is 0 Å². The van der Waals surface area contributed by atoms with Gasteiger partial charge < -0.3 is 19.4 Å². The van der Waals surface area contributed by atoms with E-state index in [4.69, 9.17) is 9.47 Å². The topological polar surface area (TPSA) is 55.7 Å². The average Bonchev–Trinajstić information content (AvgIpc) is 3.33. The molecule has 30 heavy (non-hydrogen) atoms. The fourth-order valence-electron chi connectivity index (χ4n) is 3.85. The first-order valence-corrected chi connectivity index (χ1v) is 10.2. The lowest BCUT2D eigenvalue weighted by Gasteiger charge is -2.29. The zero-order valence-corrected chi connectivity index (χ0v) is 17.4. The second-order valence-electron chi connectivity index (χ2n) is 7.40. The number of fused-ring (bicyclic) bond motifs is 1. The Morgan fingerprint density at radius 3 is 2.33 bits per heavy atom. The van der Waals surface area contributed by atoms with Gasteiger partial charge in [0.05, 0.1) is 14.2 Å². The van der Waals surface area contributed by atoms with Gasteiger partial charge in [-0.05, 0) is 66.1 Å². The molecule has 0 bridgehead atoms. The van der Waals surface area contributed by atoms with Crippen LogP contribution in [0.2, 0.25) is 0 Å². The molecule has 6 nitrogen and oxygen atoms in total. The van der Waals surface area contributed by atoms with Gasteiger partial charge in [-0.2, -0.15) is 0 Å². The molecule has 0 aliphatic carbocycles. The van der Waals surface area contributed by atoms with Gasteiger partial charge in [0.2, 0.25) is 0 Å². The molecule has 0 unspecified atom stereocenters. The van der Waals surface area contributed by atoms with E-state index in [1.165, 1.54) is 11.1 Å². The third kappa shape index (κ3) is 4.33. The van der Waals surface area contributed by atoms with E-state index in [1.54, 1.807) is 14.2 Å². The molecule has 0 saturated carbocycles. The van der Waals surface area contributed by atoms with Crippen molar-refractivity contribution < 1.29 is 14.3 Å². The first-order chi connectivity index (χ1) is 14.7. The van der Waals surface area contributed by atoms with Crippen LogP contribution >= 0.6 is 0 Å². The highest BCUT2D eigenvalue weighted by atomic mass is 16.5. The maximum Gasteiger partial charge on any atom is 0.251 e. The number of ether oxygens (including phenoxy) is 2. The molecule has 1 N–H and O–H groups in total. The molecule has 0 radical (unpaired) electrons. The standard InChI is InChI=1S/C24H27N3O3/c1-29-22-15-19-9-13-26(17-20(19)16-23(22)30-2)14-10-25-24(28)18-5-7-21(8-6-18)27-11-3-4-12-27/h3-8,11-12,15-16H,9-10,13-14,17H2,1-2H3,(H,25,28). The molecule has 156 valence electrons. The fraction of sp³-hybridized carbons (Fsp3) is 0.292. The molecule has 1 aliphatic heterocycles. The highest BCUT2D eigenvalue weighted by molar-refractivity contribution is 5.94. The van der Waals surface area contributed by atoms with E-state index in [9.17, 15) is 4.79 Å². The summed E-state index contributed by atoms with van der Waals surface area (Å²) in [7, 11) is 3.32. The van der Waals surface area contributed by atoms with Crippen molar-refractivity contribution in [2.75, 3.05) is 33.9 Å². The lowest BCUT2D eigenvalue weighted by molar-refractivity contribution is 0.0947. The van der Waals surface area contributed by atoms with E-state index >= 15 is 0 Å². The number of aromatic nitrogens is 1. The van der Waals surface area contributed by atoms with E-state index in [0.717, 1.165) is 43.2 Å². The first kappa shape index (κ1) is 20.0. The normalized spacial score (nSPS) is 13.5. The third-order valence-corrected chi connectivity index (χ3v) is 5.54. The second-order valence-corrected chi connectivity index (χ2v) is 7.40. The van der Waals surface area contributed by atoms with Crippen LogP contribution in [0, 0.1) is 0 Å². The maximum absolute atomic E-state index is 12.5. The van der Waals surface area contributed by atoms with Gasteiger partial charge in [0.15, 0.2) is 11.5 Å². The number of rotatable bonds is 7. The van der Waals surface area contributed by atoms with Crippen LogP contribution in [-0.2, 0) is 13.0 Å². The van der Waals surface area contributed by atoms with E-state index in [0.29, 0.717) is 12.1 Å². The van der Waals surface area contributed by atoms with Crippen molar-refractivity contribution in [1.29, 1.82) is 0 Å². The van der Waals surface area contributed by atoms with Crippen LogP contribution in [0.5, 0.6) is 11.5 Å². The van der Waals surface area contributed by atoms with Gasteiger partial charge in [0.25, 0.3) is 5.91 Å². The second kappa shape index (κ2) is 9.05. The molecule has 2 aromatic carbocycles. The van der Waals surface area contributed by atoms with Crippen molar-refractivity contribution in [3.05, 3.63) is 77.6 Å². The molecule has 0 spiro atoms. The SMILES string of the molecule is COc1cc2c(cc1OC)CN(CCNC(=O)c1ccc(-n3cccc3)cc1)CC2. The van der Waals surface area contributed by atoms with Crippen LogP contribution in [-0.4, -0.2) is 49.2 Å². The minimum absolute atomic E-state index is 0.0436. The van der Waals surface area contributed by atoms with Crippen LogP contribution < -0.4 is 14.8 Å². The number of carbonyl (C=O) groups is 1. The molecule has 0 saturated heterocycles. The number of hydrogen-bond donors (Lipinski definition) is 1. The Bertz CT molecular complexity index is 997. The van der Waals surface area contributed by atoms with E-state index < -0.39 is 0 Å². The van der Waals surface area contributed by atoms with Crippen molar-refractivity contribution in [2.45, 2.75) is 13.0 Å². The Morgan fingerprint density at radius 2 is 1.67 bits per heavy atom. The Labute approximate surface area is 177 Å². The number of benzene rings is 2. The summed E-state index contributed by atoms with van der Waals surface area (Å²) in [6, 6.07) is 15.7. The summed E-state index contributed by atoms with van der Waals surface area (Å²) in [5, 5.41) is 3.03. The molecule has 2 heterocycles. The monoisotopic (exact) mass is 405 g/mol. The number of methoxy groups -OCH3 is 2.